The Morgan fingerprint density at radius 2 is 2.15 bits per heavy atom. The number of rotatable bonds is 5. The largest absolute Gasteiger partial charge is 0.392 e. The molecular formula is C14H22N4O2. The summed E-state index contributed by atoms with van der Waals surface area (Å²) in [5.41, 5.74) is 0.958. The van der Waals surface area contributed by atoms with Crippen LogP contribution in [-0.4, -0.2) is 41.9 Å². The third kappa shape index (κ3) is 4.38. The van der Waals surface area contributed by atoms with E-state index in [1.165, 1.54) is 12.8 Å². The van der Waals surface area contributed by atoms with E-state index in [4.69, 9.17) is 5.11 Å². The van der Waals surface area contributed by atoms with Gasteiger partial charge in [-0.25, -0.2) is 9.78 Å². The van der Waals surface area contributed by atoms with Crippen molar-refractivity contribution in [3.63, 3.8) is 0 Å². The molecule has 0 radical (unpaired) electrons. The first-order chi connectivity index (χ1) is 9.65. The van der Waals surface area contributed by atoms with Crippen molar-refractivity contribution in [2.45, 2.75) is 32.4 Å². The van der Waals surface area contributed by atoms with Gasteiger partial charge in [0.25, 0.3) is 0 Å². The minimum absolute atomic E-state index is 0.248. The molecule has 0 bridgehead atoms. The van der Waals surface area contributed by atoms with Gasteiger partial charge in [-0.2, -0.15) is 0 Å². The van der Waals surface area contributed by atoms with Crippen molar-refractivity contribution >= 4 is 11.8 Å². The van der Waals surface area contributed by atoms with Crippen LogP contribution in [0.25, 0.3) is 0 Å². The van der Waals surface area contributed by atoms with Crippen molar-refractivity contribution in [3.8, 4) is 0 Å². The van der Waals surface area contributed by atoms with Crippen LogP contribution in [0.2, 0.25) is 0 Å². The third-order valence-corrected chi connectivity index (χ3v) is 3.25. The van der Waals surface area contributed by atoms with Crippen LogP contribution in [0.1, 0.15) is 25.3 Å². The SMILES string of the molecule is C[C@H](O)CNC(=O)NCc1ccc(N2CCCC2)nc1. The Bertz CT molecular complexity index is 427. The maximum Gasteiger partial charge on any atom is 0.315 e. The van der Waals surface area contributed by atoms with Gasteiger partial charge < -0.3 is 20.6 Å². The predicted octanol–water partition coefficient (Wildman–Crippen LogP) is 0.862. The second kappa shape index (κ2) is 7.09. The highest BCUT2D eigenvalue weighted by atomic mass is 16.3. The van der Waals surface area contributed by atoms with E-state index in [0.29, 0.717) is 6.54 Å². The van der Waals surface area contributed by atoms with Crippen LogP contribution in [0.5, 0.6) is 0 Å². The minimum Gasteiger partial charge on any atom is -0.392 e. The maximum absolute atomic E-state index is 11.4. The molecule has 20 heavy (non-hydrogen) atoms. The number of hydrogen-bond donors (Lipinski definition) is 3. The first-order valence-corrected chi connectivity index (χ1v) is 7.05. The summed E-state index contributed by atoms with van der Waals surface area (Å²) in [6, 6.07) is 3.69. The molecule has 0 aliphatic carbocycles. The highest BCUT2D eigenvalue weighted by molar-refractivity contribution is 5.73. The number of aromatic nitrogens is 1. The zero-order valence-electron chi connectivity index (χ0n) is 11.8. The van der Waals surface area contributed by atoms with Crippen molar-refractivity contribution in [2.75, 3.05) is 24.5 Å². The summed E-state index contributed by atoms with van der Waals surface area (Å²) >= 11 is 0. The first kappa shape index (κ1) is 14.6. The topological polar surface area (TPSA) is 77.5 Å². The standard InChI is InChI=1S/C14H22N4O2/c1-11(19)8-16-14(20)17-10-12-4-5-13(15-9-12)18-6-2-3-7-18/h4-5,9,11,19H,2-3,6-8,10H2,1H3,(H2,16,17,20)/t11-/m0/s1. The zero-order valence-corrected chi connectivity index (χ0v) is 11.8. The lowest BCUT2D eigenvalue weighted by atomic mass is 10.3. The average Bonchev–Trinajstić information content (AvgIpc) is 2.97. The number of carbonyl (C=O) groups is 1. The van der Waals surface area contributed by atoms with Gasteiger partial charge in [0.1, 0.15) is 5.82 Å². The van der Waals surface area contributed by atoms with Crippen LogP contribution < -0.4 is 15.5 Å². The van der Waals surface area contributed by atoms with Crippen molar-refractivity contribution in [2.24, 2.45) is 0 Å². The number of anilines is 1. The van der Waals surface area contributed by atoms with E-state index in [0.717, 1.165) is 24.5 Å². The molecule has 1 aromatic rings. The van der Waals surface area contributed by atoms with Crippen molar-refractivity contribution < 1.29 is 9.90 Å². The number of hydrogen-bond acceptors (Lipinski definition) is 4. The molecule has 1 aromatic heterocycles. The van der Waals surface area contributed by atoms with E-state index in [-0.39, 0.29) is 12.6 Å². The normalized spacial score (nSPS) is 16.0. The Morgan fingerprint density at radius 3 is 2.75 bits per heavy atom. The fraction of sp³-hybridized carbons (Fsp3) is 0.571. The number of aliphatic hydroxyl groups is 1. The average molecular weight is 278 g/mol. The number of amides is 2. The Morgan fingerprint density at radius 1 is 1.40 bits per heavy atom. The van der Waals surface area contributed by atoms with Gasteiger partial charge in [-0.15, -0.1) is 0 Å². The summed E-state index contributed by atoms with van der Waals surface area (Å²) in [6.45, 7) is 4.46. The number of pyridine rings is 1. The van der Waals surface area contributed by atoms with Crippen LogP contribution in [0.15, 0.2) is 18.3 Å². The molecule has 110 valence electrons. The van der Waals surface area contributed by atoms with E-state index in [9.17, 15) is 4.79 Å². The van der Waals surface area contributed by atoms with E-state index >= 15 is 0 Å². The molecule has 0 spiro atoms. The Balaban J connectivity index is 1.77. The smallest absolute Gasteiger partial charge is 0.315 e. The summed E-state index contributed by atoms with van der Waals surface area (Å²) in [5, 5.41) is 14.4. The summed E-state index contributed by atoms with van der Waals surface area (Å²) in [4.78, 5) is 18.1. The van der Waals surface area contributed by atoms with Crippen molar-refractivity contribution in [3.05, 3.63) is 23.9 Å². The molecule has 1 aliphatic rings. The molecule has 0 saturated carbocycles. The van der Waals surface area contributed by atoms with Gasteiger partial charge in [-0.3, -0.25) is 0 Å². The zero-order chi connectivity index (χ0) is 14.4. The second-order valence-corrected chi connectivity index (χ2v) is 5.13. The van der Waals surface area contributed by atoms with E-state index < -0.39 is 6.10 Å². The van der Waals surface area contributed by atoms with Gasteiger partial charge in [0.15, 0.2) is 0 Å². The summed E-state index contributed by atoms with van der Waals surface area (Å²) in [5.74, 6) is 1.00. The number of carbonyl (C=O) groups excluding carboxylic acids is 1. The summed E-state index contributed by atoms with van der Waals surface area (Å²) < 4.78 is 0. The quantitative estimate of drug-likeness (QED) is 0.746. The number of nitrogens with one attached hydrogen (secondary N) is 2. The van der Waals surface area contributed by atoms with Gasteiger partial charge in [-0.05, 0) is 31.4 Å². The monoisotopic (exact) mass is 278 g/mol. The first-order valence-electron chi connectivity index (χ1n) is 7.05. The lowest BCUT2D eigenvalue weighted by molar-refractivity contribution is 0.187. The van der Waals surface area contributed by atoms with Crippen LogP contribution in [0.3, 0.4) is 0 Å². The van der Waals surface area contributed by atoms with Gasteiger partial charge in [0, 0.05) is 32.4 Å². The lowest BCUT2D eigenvalue weighted by Gasteiger charge is -2.16. The van der Waals surface area contributed by atoms with Gasteiger partial charge in [-0.1, -0.05) is 6.07 Å². The Hall–Kier alpha value is -1.82. The molecule has 2 heterocycles. The van der Waals surface area contributed by atoms with Crippen LogP contribution in [0, 0.1) is 0 Å². The molecule has 6 nitrogen and oxygen atoms in total. The lowest BCUT2D eigenvalue weighted by Crippen LogP contribution is -2.38. The molecule has 1 saturated heterocycles. The number of nitrogens with zero attached hydrogens (tertiary/aromatic N) is 2. The fourth-order valence-corrected chi connectivity index (χ4v) is 2.14. The van der Waals surface area contributed by atoms with E-state index in [2.05, 4.69) is 20.5 Å². The third-order valence-electron chi connectivity index (χ3n) is 3.25. The Labute approximate surface area is 119 Å². The molecule has 1 atom stereocenters. The molecular weight excluding hydrogens is 256 g/mol. The molecule has 2 rings (SSSR count). The summed E-state index contributed by atoms with van der Waals surface area (Å²) in [7, 11) is 0. The molecule has 1 aliphatic heterocycles. The fourth-order valence-electron chi connectivity index (χ4n) is 2.14. The number of urea groups is 1. The van der Waals surface area contributed by atoms with Crippen LogP contribution in [-0.2, 0) is 6.54 Å². The van der Waals surface area contributed by atoms with Crippen LogP contribution >= 0.6 is 0 Å². The maximum atomic E-state index is 11.4. The molecule has 1 fully saturated rings. The Kier molecular flexibility index (Phi) is 5.17. The highest BCUT2D eigenvalue weighted by Gasteiger charge is 2.12. The van der Waals surface area contributed by atoms with Gasteiger partial charge in [0.2, 0.25) is 0 Å². The molecule has 2 amide bonds. The van der Waals surface area contributed by atoms with Crippen LogP contribution in [0.4, 0.5) is 10.6 Å². The highest BCUT2D eigenvalue weighted by Crippen LogP contribution is 2.17. The minimum atomic E-state index is -0.540. The molecule has 0 unspecified atom stereocenters. The molecule has 6 heteroatoms. The predicted molar refractivity (Wildman–Crippen MR) is 77.6 cm³/mol. The van der Waals surface area contributed by atoms with E-state index in [1.807, 2.05) is 12.1 Å². The molecule has 0 aromatic carbocycles. The second-order valence-electron chi connectivity index (χ2n) is 5.13. The van der Waals surface area contributed by atoms with Gasteiger partial charge >= 0.3 is 6.03 Å². The molecule has 3 N–H and O–H groups in total. The van der Waals surface area contributed by atoms with Crippen molar-refractivity contribution in [1.29, 1.82) is 0 Å². The van der Waals surface area contributed by atoms with E-state index in [1.54, 1.807) is 13.1 Å². The van der Waals surface area contributed by atoms with Crippen molar-refractivity contribution in [1.82, 2.24) is 15.6 Å². The van der Waals surface area contributed by atoms with Gasteiger partial charge in [0.05, 0.1) is 6.10 Å². The summed E-state index contributed by atoms with van der Waals surface area (Å²) in [6.07, 6.45) is 3.72. The number of aliphatic hydroxyl groups excluding tert-OH is 1.